The monoisotopic (exact) mass is 307 g/mol. The lowest BCUT2D eigenvalue weighted by Gasteiger charge is -2.09. The quantitative estimate of drug-likeness (QED) is 0.845. The number of carbonyl (C=O) groups is 1. The zero-order valence-corrected chi connectivity index (χ0v) is 12.2. The lowest BCUT2D eigenvalue weighted by Crippen LogP contribution is -2.30. The molecule has 0 radical (unpaired) electrons. The fraction of sp³-hybridized carbons (Fsp3) is 0.400. The molecule has 18 heavy (non-hydrogen) atoms. The lowest BCUT2D eigenvalue weighted by atomic mass is 10.1. The van der Waals surface area contributed by atoms with Crippen LogP contribution in [0.25, 0.3) is 6.08 Å². The van der Waals surface area contributed by atoms with E-state index in [2.05, 4.69) is 27.3 Å². The van der Waals surface area contributed by atoms with Crippen molar-refractivity contribution in [1.82, 2.24) is 5.32 Å². The summed E-state index contributed by atoms with van der Waals surface area (Å²) in [5, 5.41) is 3.04. The summed E-state index contributed by atoms with van der Waals surface area (Å²) < 4.78 is 1.02. The molecule has 0 spiro atoms. The van der Waals surface area contributed by atoms with Crippen LogP contribution in [0.5, 0.6) is 0 Å². The lowest BCUT2D eigenvalue weighted by molar-refractivity contribution is -0.117. The maximum Gasteiger partial charge on any atom is 0.244 e. The molecule has 1 fully saturated rings. The van der Waals surface area contributed by atoms with Crippen molar-refractivity contribution in [3.63, 3.8) is 0 Å². The summed E-state index contributed by atoms with van der Waals surface area (Å²) >= 11 is 3.50. The second-order valence-electron chi connectivity index (χ2n) is 4.85. The summed E-state index contributed by atoms with van der Waals surface area (Å²) in [6.07, 6.45) is 8.18. The number of benzene rings is 1. The Hall–Kier alpha value is -1.09. The van der Waals surface area contributed by atoms with Crippen LogP contribution in [0.1, 0.15) is 36.8 Å². The van der Waals surface area contributed by atoms with Crippen LogP contribution in [-0.2, 0) is 4.79 Å². The Kier molecular flexibility index (Phi) is 4.59. The molecule has 1 aliphatic rings. The number of rotatable bonds is 3. The van der Waals surface area contributed by atoms with Crippen molar-refractivity contribution in [2.45, 2.75) is 38.6 Å². The molecule has 1 aromatic rings. The number of nitrogens with one attached hydrogen (secondary N) is 1. The molecular weight excluding hydrogens is 290 g/mol. The molecule has 1 aromatic carbocycles. The molecule has 1 N–H and O–H groups in total. The van der Waals surface area contributed by atoms with Crippen LogP contribution in [0.3, 0.4) is 0 Å². The summed E-state index contributed by atoms with van der Waals surface area (Å²) in [6, 6.07) is 6.48. The third kappa shape index (κ3) is 3.70. The number of hydrogen-bond donors (Lipinski definition) is 1. The second kappa shape index (κ2) is 6.19. The van der Waals surface area contributed by atoms with Gasteiger partial charge < -0.3 is 5.32 Å². The van der Waals surface area contributed by atoms with Crippen molar-refractivity contribution in [3.8, 4) is 0 Å². The number of carbonyl (C=O) groups excluding carboxylic acids is 1. The number of halogens is 1. The Balaban J connectivity index is 1.94. The van der Waals surface area contributed by atoms with Crippen molar-refractivity contribution >= 4 is 27.9 Å². The summed E-state index contributed by atoms with van der Waals surface area (Å²) in [6.45, 7) is 2.05. The van der Waals surface area contributed by atoms with Gasteiger partial charge >= 0.3 is 0 Å². The minimum atomic E-state index is 0.00868. The number of aryl methyl sites for hydroxylation is 1. The SMILES string of the molecule is Cc1ccc(/C=C\C(=O)NC2CCCC2)c(Br)c1. The Bertz CT molecular complexity index is 462. The molecule has 96 valence electrons. The molecule has 1 amide bonds. The molecule has 0 saturated heterocycles. The highest BCUT2D eigenvalue weighted by molar-refractivity contribution is 9.10. The molecule has 0 unspecified atom stereocenters. The first kappa shape index (κ1) is 13.3. The molecular formula is C15H18BrNO. The maximum atomic E-state index is 11.7. The predicted molar refractivity (Wildman–Crippen MR) is 78.3 cm³/mol. The fourth-order valence-electron chi connectivity index (χ4n) is 2.25. The van der Waals surface area contributed by atoms with E-state index in [0.29, 0.717) is 6.04 Å². The average Bonchev–Trinajstić information content (AvgIpc) is 2.80. The molecule has 0 atom stereocenters. The summed E-state index contributed by atoms with van der Waals surface area (Å²) in [7, 11) is 0. The van der Waals surface area contributed by atoms with Gasteiger partial charge in [0.05, 0.1) is 0 Å². The smallest absolute Gasteiger partial charge is 0.244 e. The first-order valence-electron chi connectivity index (χ1n) is 6.40. The molecule has 2 nitrogen and oxygen atoms in total. The standard InChI is InChI=1S/C15H18BrNO/c1-11-6-7-12(14(16)10-11)8-9-15(18)17-13-4-2-3-5-13/h6-10,13H,2-5H2,1H3,(H,17,18)/b9-8-. The van der Waals surface area contributed by atoms with Gasteiger partial charge in [-0.05, 0) is 43.0 Å². The van der Waals surface area contributed by atoms with Crippen molar-refractivity contribution in [1.29, 1.82) is 0 Å². The van der Waals surface area contributed by atoms with E-state index in [1.807, 2.05) is 25.1 Å². The zero-order valence-electron chi connectivity index (χ0n) is 10.6. The summed E-state index contributed by atoms with van der Waals surface area (Å²) in [5.41, 5.74) is 2.23. The van der Waals surface area contributed by atoms with Crippen LogP contribution in [0.15, 0.2) is 28.7 Å². The molecule has 1 aliphatic carbocycles. The topological polar surface area (TPSA) is 29.1 Å². The van der Waals surface area contributed by atoms with Gasteiger partial charge in [0.2, 0.25) is 5.91 Å². The van der Waals surface area contributed by atoms with Crippen LogP contribution in [0, 0.1) is 6.92 Å². The van der Waals surface area contributed by atoms with E-state index in [1.54, 1.807) is 6.08 Å². The van der Waals surface area contributed by atoms with Gasteiger partial charge in [0.25, 0.3) is 0 Å². The molecule has 0 aromatic heterocycles. The van der Waals surface area contributed by atoms with E-state index < -0.39 is 0 Å². The highest BCUT2D eigenvalue weighted by Crippen LogP contribution is 2.20. The normalized spacial score (nSPS) is 16.3. The molecule has 0 aliphatic heterocycles. The van der Waals surface area contributed by atoms with E-state index in [4.69, 9.17) is 0 Å². The molecule has 0 bridgehead atoms. The van der Waals surface area contributed by atoms with E-state index in [0.717, 1.165) is 22.9 Å². The average molecular weight is 308 g/mol. The van der Waals surface area contributed by atoms with Gasteiger partial charge in [-0.2, -0.15) is 0 Å². The summed E-state index contributed by atoms with van der Waals surface area (Å²) in [4.78, 5) is 11.7. The minimum absolute atomic E-state index is 0.00868. The van der Waals surface area contributed by atoms with Crippen LogP contribution in [-0.4, -0.2) is 11.9 Å². The van der Waals surface area contributed by atoms with Gasteiger partial charge in [0.1, 0.15) is 0 Å². The van der Waals surface area contributed by atoms with E-state index in [1.165, 1.54) is 18.4 Å². The van der Waals surface area contributed by atoms with E-state index >= 15 is 0 Å². The van der Waals surface area contributed by atoms with E-state index in [9.17, 15) is 4.79 Å². The van der Waals surface area contributed by atoms with Crippen molar-refractivity contribution in [2.75, 3.05) is 0 Å². The maximum absolute atomic E-state index is 11.7. The van der Waals surface area contributed by atoms with Crippen molar-refractivity contribution in [3.05, 3.63) is 39.9 Å². The van der Waals surface area contributed by atoms with Crippen molar-refractivity contribution < 1.29 is 4.79 Å². The number of hydrogen-bond acceptors (Lipinski definition) is 1. The molecule has 0 heterocycles. The van der Waals surface area contributed by atoms with Gasteiger partial charge in [-0.25, -0.2) is 0 Å². The Labute approximate surface area is 117 Å². The first-order valence-corrected chi connectivity index (χ1v) is 7.19. The Morgan fingerprint density at radius 2 is 2.11 bits per heavy atom. The highest BCUT2D eigenvalue weighted by atomic mass is 79.9. The third-order valence-corrected chi connectivity index (χ3v) is 3.96. The Morgan fingerprint density at radius 3 is 2.78 bits per heavy atom. The Morgan fingerprint density at radius 1 is 1.39 bits per heavy atom. The van der Waals surface area contributed by atoms with Crippen LogP contribution < -0.4 is 5.32 Å². The van der Waals surface area contributed by atoms with Gasteiger partial charge in [-0.1, -0.05) is 40.9 Å². The second-order valence-corrected chi connectivity index (χ2v) is 5.70. The van der Waals surface area contributed by atoms with Crippen LogP contribution >= 0.6 is 15.9 Å². The van der Waals surface area contributed by atoms with E-state index in [-0.39, 0.29) is 5.91 Å². The van der Waals surface area contributed by atoms with Crippen LogP contribution in [0.2, 0.25) is 0 Å². The largest absolute Gasteiger partial charge is 0.350 e. The third-order valence-electron chi connectivity index (χ3n) is 3.27. The highest BCUT2D eigenvalue weighted by Gasteiger charge is 2.15. The fourth-order valence-corrected chi connectivity index (χ4v) is 2.88. The summed E-state index contributed by atoms with van der Waals surface area (Å²) in [5.74, 6) is 0.00868. The van der Waals surface area contributed by atoms with Crippen molar-refractivity contribution in [2.24, 2.45) is 0 Å². The molecule has 3 heteroatoms. The molecule has 1 saturated carbocycles. The van der Waals surface area contributed by atoms with Gasteiger partial charge in [-0.15, -0.1) is 0 Å². The molecule has 2 rings (SSSR count). The van der Waals surface area contributed by atoms with Gasteiger partial charge in [0.15, 0.2) is 0 Å². The first-order chi connectivity index (χ1) is 8.65. The predicted octanol–water partition coefficient (Wildman–Crippen LogP) is 3.83. The van der Waals surface area contributed by atoms with Crippen LogP contribution in [0.4, 0.5) is 0 Å². The van der Waals surface area contributed by atoms with Gasteiger partial charge in [0, 0.05) is 16.6 Å². The van der Waals surface area contributed by atoms with Gasteiger partial charge in [-0.3, -0.25) is 4.79 Å². The minimum Gasteiger partial charge on any atom is -0.350 e. The zero-order chi connectivity index (χ0) is 13.0. The number of amides is 1.